The number of carbonyl (C=O) groups excluding carboxylic acids is 1. The number of halogens is 1. The molecular formula is C15H13ClN2OS. The summed E-state index contributed by atoms with van der Waals surface area (Å²) in [6.45, 7) is 2.02. The number of amides is 1. The van der Waals surface area contributed by atoms with Gasteiger partial charge >= 0.3 is 0 Å². The van der Waals surface area contributed by atoms with Crippen LogP contribution < -0.4 is 5.32 Å². The van der Waals surface area contributed by atoms with Crippen molar-refractivity contribution in [1.29, 1.82) is 5.26 Å². The second-order valence-corrected chi connectivity index (χ2v) is 5.44. The lowest BCUT2D eigenvalue weighted by Gasteiger charge is -2.13. The zero-order valence-electron chi connectivity index (χ0n) is 10.9. The fourth-order valence-electron chi connectivity index (χ4n) is 1.93. The maximum atomic E-state index is 11.7. The molecular weight excluding hydrogens is 292 g/mol. The van der Waals surface area contributed by atoms with Gasteiger partial charge in [-0.15, -0.1) is 0 Å². The molecule has 2 aromatic rings. The molecule has 2 rings (SSSR count). The number of nitriles is 1. The molecule has 1 N–H and O–H groups in total. The standard InChI is InChI=1S/C15H13ClN2OS/c1-2-10-7-12(16)15(11-4-6-20-9-11)13(8-10)18-14(19)3-5-17/h4,6-9H,2-3H2,1H3,(H,18,19). The van der Waals surface area contributed by atoms with Crippen LogP contribution >= 0.6 is 22.9 Å². The molecule has 0 saturated carbocycles. The Kier molecular flexibility index (Phi) is 4.78. The maximum absolute atomic E-state index is 11.7. The third kappa shape index (κ3) is 3.19. The number of anilines is 1. The monoisotopic (exact) mass is 304 g/mol. The number of nitrogens with zero attached hydrogens (tertiary/aromatic N) is 1. The molecule has 1 aromatic heterocycles. The molecule has 0 aliphatic heterocycles. The van der Waals surface area contributed by atoms with Gasteiger partial charge in [-0.1, -0.05) is 18.5 Å². The summed E-state index contributed by atoms with van der Waals surface area (Å²) in [4.78, 5) is 11.7. The molecule has 102 valence electrons. The minimum atomic E-state index is -0.326. The first-order valence-electron chi connectivity index (χ1n) is 6.17. The number of rotatable bonds is 4. The van der Waals surface area contributed by atoms with Gasteiger partial charge in [-0.3, -0.25) is 4.79 Å². The Balaban J connectivity index is 2.49. The van der Waals surface area contributed by atoms with Crippen LogP contribution in [0.25, 0.3) is 11.1 Å². The molecule has 0 aliphatic carbocycles. The lowest BCUT2D eigenvalue weighted by Crippen LogP contribution is -2.11. The Morgan fingerprint density at radius 2 is 2.30 bits per heavy atom. The van der Waals surface area contributed by atoms with Crippen molar-refractivity contribution >= 4 is 34.5 Å². The van der Waals surface area contributed by atoms with Gasteiger partial charge < -0.3 is 5.32 Å². The fourth-order valence-corrected chi connectivity index (χ4v) is 2.93. The number of carbonyl (C=O) groups is 1. The molecule has 0 atom stereocenters. The van der Waals surface area contributed by atoms with E-state index in [-0.39, 0.29) is 12.3 Å². The molecule has 3 nitrogen and oxygen atoms in total. The highest BCUT2D eigenvalue weighted by Gasteiger charge is 2.14. The SMILES string of the molecule is CCc1cc(Cl)c(-c2ccsc2)c(NC(=O)CC#N)c1. The first-order chi connectivity index (χ1) is 9.65. The van der Waals surface area contributed by atoms with Crippen molar-refractivity contribution in [2.45, 2.75) is 19.8 Å². The average molecular weight is 305 g/mol. The van der Waals surface area contributed by atoms with Crippen molar-refractivity contribution in [2.24, 2.45) is 0 Å². The zero-order valence-corrected chi connectivity index (χ0v) is 12.5. The van der Waals surface area contributed by atoms with Gasteiger partial charge in [-0.05, 0) is 46.5 Å². The van der Waals surface area contributed by atoms with E-state index in [4.69, 9.17) is 16.9 Å². The van der Waals surface area contributed by atoms with Crippen molar-refractivity contribution in [3.05, 3.63) is 39.5 Å². The number of hydrogen-bond acceptors (Lipinski definition) is 3. The lowest BCUT2D eigenvalue weighted by atomic mass is 10.0. The Morgan fingerprint density at radius 3 is 2.90 bits per heavy atom. The highest BCUT2D eigenvalue weighted by atomic mass is 35.5. The van der Waals surface area contributed by atoms with Gasteiger partial charge in [0.2, 0.25) is 5.91 Å². The van der Waals surface area contributed by atoms with Crippen LogP contribution in [0, 0.1) is 11.3 Å². The van der Waals surface area contributed by atoms with Crippen LogP contribution in [-0.4, -0.2) is 5.91 Å². The third-order valence-corrected chi connectivity index (χ3v) is 3.86. The Labute approximate surface area is 126 Å². The number of hydrogen-bond donors (Lipinski definition) is 1. The van der Waals surface area contributed by atoms with Crippen molar-refractivity contribution in [2.75, 3.05) is 5.32 Å². The second kappa shape index (κ2) is 6.56. The molecule has 0 spiro atoms. The molecule has 5 heteroatoms. The molecule has 0 radical (unpaired) electrons. The Morgan fingerprint density at radius 1 is 1.50 bits per heavy atom. The van der Waals surface area contributed by atoms with E-state index >= 15 is 0 Å². The topological polar surface area (TPSA) is 52.9 Å². The first kappa shape index (κ1) is 14.6. The second-order valence-electron chi connectivity index (χ2n) is 4.25. The Bertz CT molecular complexity index is 659. The number of aryl methyl sites for hydroxylation is 1. The minimum Gasteiger partial charge on any atom is -0.325 e. The molecule has 20 heavy (non-hydrogen) atoms. The van der Waals surface area contributed by atoms with E-state index in [0.29, 0.717) is 10.7 Å². The lowest BCUT2D eigenvalue weighted by molar-refractivity contribution is -0.115. The van der Waals surface area contributed by atoms with Crippen LogP contribution in [0.3, 0.4) is 0 Å². The van der Waals surface area contributed by atoms with Crippen LogP contribution in [0.15, 0.2) is 29.0 Å². The maximum Gasteiger partial charge on any atom is 0.238 e. The van der Waals surface area contributed by atoms with Crippen LogP contribution in [0.5, 0.6) is 0 Å². The summed E-state index contributed by atoms with van der Waals surface area (Å²) >= 11 is 7.92. The van der Waals surface area contributed by atoms with Crippen LogP contribution in [-0.2, 0) is 11.2 Å². The van der Waals surface area contributed by atoms with Crippen LogP contribution in [0.4, 0.5) is 5.69 Å². The predicted molar refractivity (Wildman–Crippen MR) is 83.0 cm³/mol. The van der Waals surface area contributed by atoms with Crippen molar-refractivity contribution < 1.29 is 4.79 Å². The van der Waals surface area contributed by atoms with Gasteiger partial charge in [0, 0.05) is 5.56 Å². The molecule has 1 amide bonds. The Hall–Kier alpha value is -1.83. The van der Waals surface area contributed by atoms with Crippen molar-refractivity contribution in [3.8, 4) is 17.2 Å². The smallest absolute Gasteiger partial charge is 0.238 e. The van der Waals surface area contributed by atoms with E-state index in [1.54, 1.807) is 11.3 Å². The van der Waals surface area contributed by atoms with Gasteiger partial charge in [0.25, 0.3) is 0 Å². The molecule has 0 bridgehead atoms. The summed E-state index contributed by atoms with van der Waals surface area (Å²) in [5.74, 6) is -0.326. The summed E-state index contributed by atoms with van der Waals surface area (Å²) in [6, 6.07) is 7.62. The number of benzene rings is 1. The van der Waals surface area contributed by atoms with E-state index in [1.165, 1.54) is 0 Å². The normalized spacial score (nSPS) is 10.1. The summed E-state index contributed by atoms with van der Waals surface area (Å²) in [7, 11) is 0. The third-order valence-electron chi connectivity index (χ3n) is 2.88. The minimum absolute atomic E-state index is 0.170. The van der Waals surface area contributed by atoms with E-state index in [2.05, 4.69) is 5.32 Å². The van der Waals surface area contributed by atoms with Crippen molar-refractivity contribution in [1.82, 2.24) is 0 Å². The highest BCUT2D eigenvalue weighted by Crippen LogP contribution is 2.37. The fraction of sp³-hybridized carbons (Fsp3) is 0.200. The quantitative estimate of drug-likeness (QED) is 0.905. The summed E-state index contributed by atoms with van der Waals surface area (Å²) in [5, 5.41) is 15.9. The number of thiophene rings is 1. The average Bonchev–Trinajstić information content (AvgIpc) is 2.92. The predicted octanol–water partition coefficient (Wildman–Crippen LogP) is 4.48. The van der Waals surface area contributed by atoms with Gasteiger partial charge in [-0.25, -0.2) is 0 Å². The van der Waals surface area contributed by atoms with E-state index in [1.807, 2.05) is 42.0 Å². The van der Waals surface area contributed by atoms with Crippen LogP contribution in [0.1, 0.15) is 18.9 Å². The molecule has 1 aromatic carbocycles. The molecule has 0 fully saturated rings. The first-order valence-corrected chi connectivity index (χ1v) is 7.49. The van der Waals surface area contributed by atoms with E-state index < -0.39 is 0 Å². The zero-order chi connectivity index (χ0) is 14.5. The highest BCUT2D eigenvalue weighted by molar-refractivity contribution is 7.08. The molecule has 0 saturated heterocycles. The van der Waals surface area contributed by atoms with Crippen molar-refractivity contribution in [3.63, 3.8) is 0 Å². The summed E-state index contributed by atoms with van der Waals surface area (Å²) in [6.07, 6.45) is 0.655. The number of nitrogens with one attached hydrogen (secondary N) is 1. The van der Waals surface area contributed by atoms with Gasteiger partial charge in [0.1, 0.15) is 6.42 Å². The summed E-state index contributed by atoms with van der Waals surface area (Å²) in [5.41, 5.74) is 3.47. The van der Waals surface area contributed by atoms with Gasteiger partial charge in [0.05, 0.1) is 16.8 Å². The molecule has 0 aliphatic rings. The molecule has 1 heterocycles. The van der Waals surface area contributed by atoms with Gasteiger partial charge in [-0.2, -0.15) is 16.6 Å². The van der Waals surface area contributed by atoms with E-state index in [9.17, 15) is 4.79 Å². The van der Waals surface area contributed by atoms with E-state index in [0.717, 1.165) is 23.1 Å². The summed E-state index contributed by atoms with van der Waals surface area (Å²) < 4.78 is 0. The van der Waals surface area contributed by atoms with Crippen LogP contribution in [0.2, 0.25) is 5.02 Å². The van der Waals surface area contributed by atoms with Gasteiger partial charge in [0.15, 0.2) is 0 Å². The molecule has 0 unspecified atom stereocenters. The largest absolute Gasteiger partial charge is 0.325 e.